The Bertz CT molecular complexity index is 479. The van der Waals surface area contributed by atoms with Crippen LogP contribution >= 0.6 is 0 Å². The van der Waals surface area contributed by atoms with E-state index in [9.17, 15) is 9.90 Å². The zero-order chi connectivity index (χ0) is 15.8. The predicted octanol–water partition coefficient (Wildman–Crippen LogP) is 3.10. The van der Waals surface area contributed by atoms with Crippen molar-refractivity contribution >= 4 is 11.7 Å². The number of aliphatic hydroxyl groups is 1. The smallest absolute Gasteiger partial charge is 0.321 e. The number of amides is 2. The number of anilines is 1. The zero-order valence-electron chi connectivity index (χ0n) is 13.3. The molecule has 2 amide bonds. The summed E-state index contributed by atoms with van der Waals surface area (Å²) >= 11 is 0. The Labute approximate surface area is 132 Å². The number of nitrogens with one attached hydrogen (secondary N) is 1. The van der Waals surface area contributed by atoms with E-state index in [0.29, 0.717) is 13.2 Å². The van der Waals surface area contributed by atoms with Gasteiger partial charge in [-0.05, 0) is 37.3 Å². The number of urea groups is 1. The third kappa shape index (κ3) is 4.91. The molecule has 0 spiro atoms. The van der Waals surface area contributed by atoms with Crippen molar-refractivity contribution in [3.8, 4) is 5.75 Å². The van der Waals surface area contributed by atoms with E-state index in [1.54, 1.807) is 4.90 Å². The molecule has 22 heavy (non-hydrogen) atoms. The van der Waals surface area contributed by atoms with Gasteiger partial charge in [-0.2, -0.15) is 0 Å². The van der Waals surface area contributed by atoms with E-state index in [0.717, 1.165) is 43.7 Å². The second-order valence-electron chi connectivity index (χ2n) is 5.80. The lowest BCUT2D eigenvalue weighted by atomic mass is 9.99. The lowest BCUT2D eigenvalue weighted by Crippen LogP contribution is -2.43. The van der Waals surface area contributed by atoms with Gasteiger partial charge >= 0.3 is 6.03 Å². The molecule has 0 bridgehead atoms. The molecule has 1 unspecified atom stereocenters. The molecule has 0 saturated carbocycles. The quantitative estimate of drug-likeness (QED) is 0.794. The van der Waals surface area contributed by atoms with E-state index < -0.39 is 0 Å². The lowest BCUT2D eigenvalue weighted by molar-refractivity contribution is 0.136. The number of hydrogen-bond donors (Lipinski definition) is 2. The first-order valence-electron chi connectivity index (χ1n) is 8.12. The number of likely N-dealkylation sites (tertiary alicyclic amines) is 1. The molecule has 1 aromatic carbocycles. The molecule has 0 radical (unpaired) electrons. The second kappa shape index (κ2) is 8.63. The Morgan fingerprint density at radius 3 is 3.14 bits per heavy atom. The molecule has 1 heterocycles. The number of hydrogen-bond acceptors (Lipinski definition) is 3. The predicted molar refractivity (Wildman–Crippen MR) is 87.2 cm³/mol. The maximum atomic E-state index is 12.3. The Kier molecular flexibility index (Phi) is 6.52. The minimum Gasteiger partial charge on any atom is -0.494 e. The molecule has 1 saturated heterocycles. The van der Waals surface area contributed by atoms with Crippen molar-refractivity contribution in [1.29, 1.82) is 0 Å². The number of benzene rings is 1. The third-order valence-electron chi connectivity index (χ3n) is 3.92. The van der Waals surface area contributed by atoms with Crippen LogP contribution in [0.1, 0.15) is 32.6 Å². The number of piperidine rings is 1. The topological polar surface area (TPSA) is 61.8 Å². The highest BCUT2D eigenvalue weighted by Crippen LogP contribution is 2.20. The molecule has 0 aliphatic carbocycles. The first-order chi connectivity index (χ1) is 10.7. The second-order valence-corrected chi connectivity index (χ2v) is 5.80. The van der Waals surface area contributed by atoms with E-state index in [1.165, 1.54) is 0 Å². The van der Waals surface area contributed by atoms with Crippen LogP contribution in [0.25, 0.3) is 0 Å². The summed E-state index contributed by atoms with van der Waals surface area (Å²) < 4.78 is 5.65. The monoisotopic (exact) mass is 306 g/mol. The maximum absolute atomic E-state index is 12.3. The first kappa shape index (κ1) is 16.6. The molecule has 5 heteroatoms. The van der Waals surface area contributed by atoms with Crippen molar-refractivity contribution in [1.82, 2.24) is 4.90 Å². The maximum Gasteiger partial charge on any atom is 0.321 e. The van der Waals surface area contributed by atoms with Crippen LogP contribution in [-0.2, 0) is 0 Å². The van der Waals surface area contributed by atoms with Crippen LogP contribution in [0.3, 0.4) is 0 Å². The average molecular weight is 306 g/mol. The van der Waals surface area contributed by atoms with Gasteiger partial charge in [-0.1, -0.05) is 19.4 Å². The summed E-state index contributed by atoms with van der Waals surface area (Å²) in [5.74, 6) is 0.973. The highest BCUT2D eigenvalue weighted by Gasteiger charge is 2.23. The van der Waals surface area contributed by atoms with Gasteiger partial charge < -0.3 is 20.1 Å². The summed E-state index contributed by atoms with van der Waals surface area (Å²) in [6.07, 6.45) is 4.05. The van der Waals surface area contributed by atoms with Crippen LogP contribution < -0.4 is 10.1 Å². The number of nitrogens with zero attached hydrogens (tertiary/aromatic N) is 1. The number of carbonyl (C=O) groups excluding carboxylic acids is 1. The summed E-state index contributed by atoms with van der Waals surface area (Å²) in [5, 5.41) is 12.2. The highest BCUT2D eigenvalue weighted by atomic mass is 16.5. The van der Waals surface area contributed by atoms with Crippen LogP contribution in [-0.4, -0.2) is 42.3 Å². The molecule has 122 valence electrons. The molecule has 0 aromatic heterocycles. The standard InChI is InChI=1S/C17H26N2O3/c1-2-3-10-22-16-8-4-7-15(11-16)18-17(21)19-9-5-6-14(12-19)13-20/h4,7-8,11,14,20H,2-3,5-6,9-10,12-13H2,1H3,(H,18,21). The van der Waals surface area contributed by atoms with Crippen LogP contribution in [0, 0.1) is 5.92 Å². The summed E-state index contributed by atoms with van der Waals surface area (Å²) in [7, 11) is 0. The normalized spacial score (nSPS) is 18.1. The summed E-state index contributed by atoms with van der Waals surface area (Å²) in [4.78, 5) is 14.1. The van der Waals surface area contributed by atoms with Crippen LogP contribution in [0.2, 0.25) is 0 Å². The van der Waals surface area contributed by atoms with Crippen LogP contribution in [0.15, 0.2) is 24.3 Å². The SMILES string of the molecule is CCCCOc1cccc(NC(=O)N2CCCC(CO)C2)c1. The van der Waals surface area contributed by atoms with Gasteiger partial charge in [-0.3, -0.25) is 0 Å². The Hall–Kier alpha value is -1.75. The average Bonchev–Trinajstić information content (AvgIpc) is 2.55. The van der Waals surface area contributed by atoms with Gasteiger partial charge in [0, 0.05) is 31.5 Å². The molecule has 1 aliphatic heterocycles. The zero-order valence-corrected chi connectivity index (χ0v) is 13.3. The van der Waals surface area contributed by atoms with E-state index in [2.05, 4.69) is 12.2 Å². The van der Waals surface area contributed by atoms with Crippen LogP contribution in [0.5, 0.6) is 5.75 Å². The Balaban J connectivity index is 1.89. The fourth-order valence-electron chi connectivity index (χ4n) is 2.60. The third-order valence-corrected chi connectivity index (χ3v) is 3.92. The van der Waals surface area contributed by atoms with E-state index >= 15 is 0 Å². The molecular weight excluding hydrogens is 280 g/mol. The van der Waals surface area contributed by atoms with E-state index in [-0.39, 0.29) is 18.6 Å². The molecule has 1 aromatic rings. The molecule has 2 rings (SSSR count). The number of carbonyl (C=O) groups is 1. The van der Waals surface area contributed by atoms with Crippen molar-refractivity contribution in [3.05, 3.63) is 24.3 Å². The summed E-state index contributed by atoms with van der Waals surface area (Å²) in [6.45, 7) is 4.32. The first-order valence-corrected chi connectivity index (χ1v) is 8.12. The van der Waals surface area contributed by atoms with E-state index in [4.69, 9.17) is 4.74 Å². The van der Waals surface area contributed by atoms with Gasteiger partial charge in [0.1, 0.15) is 5.75 Å². The van der Waals surface area contributed by atoms with E-state index in [1.807, 2.05) is 24.3 Å². The van der Waals surface area contributed by atoms with Crippen molar-refractivity contribution in [2.45, 2.75) is 32.6 Å². The molecular formula is C17H26N2O3. The Morgan fingerprint density at radius 1 is 1.50 bits per heavy atom. The molecule has 1 atom stereocenters. The van der Waals surface area contributed by atoms with Crippen molar-refractivity contribution in [2.75, 3.05) is 31.6 Å². The number of aliphatic hydroxyl groups excluding tert-OH is 1. The molecule has 1 aliphatic rings. The number of ether oxygens (including phenoxy) is 1. The number of unbranched alkanes of at least 4 members (excludes halogenated alkanes) is 1. The molecule has 5 nitrogen and oxygen atoms in total. The van der Waals surface area contributed by atoms with Gasteiger partial charge in [0.2, 0.25) is 0 Å². The summed E-state index contributed by atoms with van der Waals surface area (Å²) in [6, 6.07) is 7.38. The van der Waals surface area contributed by atoms with Crippen molar-refractivity contribution < 1.29 is 14.6 Å². The van der Waals surface area contributed by atoms with Gasteiger partial charge in [0.15, 0.2) is 0 Å². The molecule has 1 fully saturated rings. The fourth-order valence-corrected chi connectivity index (χ4v) is 2.60. The Morgan fingerprint density at radius 2 is 2.36 bits per heavy atom. The fraction of sp³-hybridized carbons (Fsp3) is 0.588. The van der Waals surface area contributed by atoms with Crippen LogP contribution in [0.4, 0.5) is 10.5 Å². The van der Waals surface area contributed by atoms with Gasteiger partial charge in [0.05, 0.1) is 6.61 Å². The highest BCUT2D eigenvalue weighted by molar-refractivity contribution is 5.89. The van der Waals surface area contributed by atoms with Crippen molar-refractivity contribution in [3.63, 3.8) is 0 Å². The summed E-state index contributed by atoms with van der Waals surface area (Å²) in [5.41, 5.74) is 0.741. The van der Waals surface area contributed by atoms with Gasteiger partial charge in [-0.25, -0.2) is 4.79 Å². The van der Waals surface area contributed by atoms with Gasteiger partial charge in [0.25, 0.3) is 0 Å². The van der Waals surface area contributed by atoms with Gasteiger partial charge in [-0.15, -0.1) is 0 Å². The largest absolute Gasteiger partial charge is 0.494 e. The molecule has 2 N–H and O–H groups in total. The lowest BCUT2D eigenvalue weighted by Gasteiger charge is -2.31. The van der Waals surface area contributed by atoms with Crippen molar-refractivity contribution in [2.24, 2.45) is 5.92 Å². The minimum atomic E-state index is -0.108. The number of rotatable bonds is 6. The minimum absolute atomic E-state index is 0.108.